The molecule has 0 saturated carbocycles. The van der Waals surface area contributed by atoms with Gasteiger partial charge in [-0.25, -0.2) is 12.7 Å². The highest BCUT2D eigenvalue weighted by Crippen LogP contribution is 2.28. The average molecular weight is 298 g/mol. The van der Waals surface area contributed by atoms with Crippen molar-refractivity contribution in [2.24, 2.45) is 7.05 Å². The number of rotatable bonds is 4. The summed E-state index contributed by atoms with van der Waals surface area (Å²) in [6.45, 7) is 2.99. The van der Waals surface area contributed by atoms with Crippen molar-refractivity contribution >= 4 is 10.0 Å². The predicted octanol–water partition coefficient (Wildman–Crippen LogP) is 1.30. The SMILES string of the molecule is CCCS(=O)(=O)N1CCC(c2ccn(C)c(=O)c2)CC1. The molecular weight excluding hydrogens is 276 g/mol. The highest BCUT2D eigenvalue weighted by molar-refractivity contribution is 7.89. The molecule has 1 aromatic heterocycles. The molecule has 5 nitrogen and oxygen atoms in total. The molecule has 0 amide bonds. The number of pyridine rings is 1. The van der Waals surface area contributed by atoms with Gasteiger partial charge in [0.05, 0.1) is 5.75 Å². The minimum Gasteiger partial charge on any atom is -0.319 e. The Labute approximate surface area is 120 Å². The van der Waals surface area contributed by atoms with Crippen LogP contribution in [-0.2, 0) is 17.1 Å². The van der Waals surface area contributed by atoms with E-state index in [2.05, 4.69) is 0 Å². The number of aromatic nitrogens is 1. The van der Waals surface area contributed by atoms with Crippen LogP contribution >= 0.6 is 0 Å². The van der Waals surface area contributed by atoms with E-state index in [-0.39, 0.29) is 17.2 Å². The van der Waals surface area contributed by atoms with Gasteiger partial charge in [0.2, 0.25) is 10.0 Å². The van der Waals surface area contributed by atoms with E-state index in [0.29, 0.717) is 19.5 Å². The molecule has 20 heavy (non-hydrogen) atoms. The molecule has 0 unspecified atom stereocenters. The molecule has 2 heterocycles. The Hall–Kier alpha value is -1.14. The second kappa shape index (κ2) is 6.10. The molecule has 6 heteroatoms. The summed E-state index contributed by atoms with van der Waals surface area (Å²) in [5.41, 5.74) is 1.02. The third-order valence-electron chi connectivity index (χ3n) is 3.91. The molecule has 1 aliphatic rings. The van der Waals surface area contributed by atoms with Crippen LogP contribution in [0.15, 0.2) is 23.1 Å². The quantitative estimate of drug-likeness (QED) is 0.842. The van der Waals surface area contributed by atoms with Crippen LogP contribution in [0.4, 0.5) is 0 Å². The van der Waals surface area contributed by atoms with Gasteiger partial charge < -0.3 is 4.57 Å². The van der Waals surface area contributed by atoms with Crippen LogP contribution in [0, 0.1) is 0 Å². The van der Waals surface area contributed by atoms with Gasteiger partial charge in [0.15, 0.2) is 0 Å². The third-order valence-corrected chi connectivity index (χ3v) is 5.99. The first-order valence-electron chi connectivity index (χ1n) is 7.08. The molecule has 0 N–H and O–H groups in total. The molecule has 1 fully saturated rings. The highest BCUT2D eigenvalue weighted by Gasteiger charge is 2.28. The summed E-state index contributed by atoms with van der Waals surface area (Å²) < 4.78 is 27.1. The fourth-order valence-electron chi connectivity index (χ4n) is 2.67. The van der Waals surface area contributed by atoms with E-state index >= 15 is 0 Å². The smallest absolute Gasteiger partial charge is 0.250 e. The number of sulfonamides is 1. The van der Waals surface area contributed by atoms with Crippen LogP contribution < -0.4 is 5.56 Å². The van der Waals surface area contributed by atoms with Gasteiger partial charge in [0, 0.05) is 32.4 Å². The Balaban J connectivity index is 2.04. The topological polar surface area (TPSA) is 59.4 Å². The van der Waals surface area contributed by atoms with Crippen LogP contribution in [0.1, 0.15) is 37.7 Å². The highest BCUT2D eigenvalue weighted by atomic mass is 32.2. The fraction of sp³-hybridized carbons (Fsp3) is 0.643. The maximum Gasteiger partial charge on any atom is 0.250 e. The Morgan fingerprint density at radius 1 is 1.30 bits per heavy atom. The summed E-state index contributed by atoms with van der Waals surface area (Å²) in [7, 11) is -1.36. The molecular formula is C14H22N2O3S. The molecule has 1 aliphatic heterocycles. The number of hydrogen-bond donors (Lipinski definition) is 0. The Kier molecular flexibility index (Phi) is 4.65. The van der Waals surface area contributed by atoms with Crippen LogP contribution in [-0.4, -0.2) is 36.1 Å². The monoisotopic (exact) mass is 298 g/mol. The van der Waals surface area contributed by atoms with E-state index in [1.165, 1.54) is 0 Å². The molecule has 0 aromatic carbocycles. The van der Waals surface area contributed by atoms with Crippen LogP contribution in [0.3, 0.4) is 0 Å². The van der Waals surface area contributed by atoms with Gasteiger partial charge in [-0.1, -0.05) is 6.92 Å². The summed E-state index contributed by atoms with van der Waals surface area (Å²) >= 11 is 0. The fourth-order valence-corrected chi connectivity index (χ4v) is 4.21. The van der Waals surface area contributed by atoms with Gasteiger partial charge in [0.1, 0.15) is 0 Å². The van der Waals surface area contributed by atoms with Gasteiger partial charge in [-0.15, -0.1) is 0 Å². The predicted molar refractivity (Wildman–Crippen MR) is 79.3 cm³/mol. The van der Waals surface area contributed by atoms with E-state index in [0.717, 1.165) is 18.4 Å². The van der Waals surface area contributed by atoms with E-state index < -0.39 is 10.0 Å². The molecule has 0 bridgehead atoms. The van der Waals surface area contributed by atoms with Crippen molar-refractivity contribution < 1.29 is 8.42 Å². The Morgan fingerprint density at radius 2 is 1.95 bits per heavy atom. The summed E-state index contributed by atoms with van der Waals surface area (Å²) in [4.78, 5) is 11.6. The van der Waals surface area contributed by atoms with Crippen molar-refractivity contribution in [1.82, 2.24) is 8.87 Å². The van der Waals surface area contributed by atoms with Crippen molar-refractivity contribution in [3.05, 3.63) is 34.2 Å². The molecule has 112 valence electrons. The zero-order chi connectivity index (χ0) is 14.8. The lowest BCUT2D eigenvalue weighted by Gasteiger charge is -2.31. The largest absolute Gasteiger partial charge is 0.319 e. The normalized spacial score (nSPS) is 18.3. The van der Waals surface area contributed by atoms with Crippen LogP contribution in [0.5, 0.6) is 0 Å². The van der Waals surface area contributed by atoms with Gasteiger partial charge in [-0.05, 0) is 36.8 Å². The minimum atomic E-state index is -3.09. The van der Waals surface area contributed by atoms with E-state index in [1.807, 2.05) is 13.0 Å². The molecule has 1 saturated heterocycles. The maximum absolute atomic E-state index is 12.0. The average Bonchev–Trinajstić information content (AvgIpc) is 2.42. The number of aryl methyl sites for hydroxylation is 1. The van der Waals surface area contributed by atoms with Gasteiger partial charge in [0.25, 0.3) is 5.56 Å². The molecule has 0 aliphatic carbocycles. The summed E-state index contributed by atoms with van der Waals surface area (Å²) in [5, 5.41) is 0. The first-order valence-corrected chi connectivity index (χ1v) is 8.69. The second-order valence-corrected chi connectivity index (χ2v) is 7.49. The number of piperidine rings is 1. The van der Waals surface area contributed by atoms with E-state index in [4.69, 9.17) is 0 Å². The molecule has 1 aromatic rings. The zero-order valence-electron chi connectivity index (χ0n) is 12.1. The van der Waals surface area contributed by atoms with Crippen molar-refractivity contribution in [1.29, 1.82) is 0 Å². The lowest BCUT2D eigenvalue weighted by molar-refractivity contribution is 0.319. The number of nitrogens with zero attached hydrogens (tertiary/aromatic N) is 2. The van der Waals surface area contributed by atoms with Crippen molar-refractivity contribution in [2.75, 3.05) is 18.8 Å². The van der Waals surface area contributed by atoms with Crippen molar-refractivity contribution in [3.63, 3.8) is 0 Å². The number of hydrogen-bond acceptors (Lipinski definition) is 3. The molecule has 0 spiro atoms. The Bertz CT molecular complexity index is 614. The van der Waals surface area contributed by atoms with Crippen molar-refractivity contribution in [2.45, 2.75) is 32.1 Å². The van der Waals surface area contributed by atoms with Gasteiger partial charge in [-0.3, -0.25) is 4.79 Å². The molecule has 2 rings (SSSR count). The van der Waals surface area contributed by atoms with E-state index in [1.54, 1.807) is 28.2 Å². The molecule has 0 radical (unpaired) electrons. The minimum absolute atomic E-state index is 0.0106. The lowest BCUT2D eigenvalue weighted by atomic mass is 9.91. The zero-order valence-corrected chi connectivity index (χ0v) is 12.9. The second-order valence-electron chi connectivity index (χ2n) is 5.40. The Morgan fingerprint density at radius 3 is 2.50 bits per heavy atom. The third kappa shape index (κ3) is 3.30. The van der Waals surface area contributed by atoms with Crippen LogP contribution in [0.2, 0.25) is 0 Å². The molecule has 0 atom stereocenters. The lowest BCUT2D eigenvalue weighted by Crippen LogP contribution is -2.39. The standard InChI is InChI=1S/C14H22N2O3S/c1-3-10-20(18,19)16-8-5-12(6-9-16)13-4-7-15(2)14(17)11-13/h4,7,11-12H,3,5-6,8-10H2,1-2H3. The first-order chi connectivity index (χ1) is 9.44. The van der Waals surface area contributed by atoms with Crippen LogP contribution in [0.25, 0.3) is 0 Å². The summed E-state index contributed by atoms with van der Waals surface area (Å²) in [5.74, 6) is 0.515. The maximum atomic E-state index is 12.0. The summed E-state index contributed by atoms with van der Waals surface area (Å²) in [6, 6.07) is 3.63. The van der Waals surface area contributed by atoms with E-state index in [9.17, 15) is 13.2 Å². The van der Waals surface area contributed by atoms with Gasteiger partial charge >= 0.3 is 0 Å². The first kappa shape index (κ1) is 15.3. The van der Waals surface area contributed by atoms with Crippen molar-refractivity contribution in [3.8, 4) is 0 Å². The van der Waals surface area contributed by atoms with Gasteiger partial charge in [-0.2, -0.15) is 0 Å². The summed E-state index contributed by atoms with van der Waals surface area (Å²) in [6.07, 6.45) is 4.00.